The number of aromatic nitrogens is 1. The van der Waals surface area contributed by atoms with E-state index in [2.05, 4.69) is 38.8 Å². The van der Waals surface area contributed by atoms with E-state index in [0.717, 1.165) is 11.3 Å². The van der Waals surface area contributed by atoms with Crippen LogP contribution in [-0.4, -0.2) is 34.6 Å². The van der Waals surface area contributed by atoms with Crippen molar-refractivity contribution in [2.75, 3.05) is 14.2 Å². The second kappa shape index (κ2) is 6.85. The molecule has 112 valence electrons. The molecule has 0 atom stereocenters. The molecular formula is C14H26BNO3Si. The standard InChI is InChI=1S/C14H26BNO3Si/c1-14(2,3)20(6,7)19-11-12-9-8-10-13(16-12)15(17-4)18-5/h8-10H,11H2,1-7H3. The molecule has 1 aromatic heterocycles. The number of nitrogens with zero attached hydrogens (tertiary/aromatic N) is 1. The van der Waals surface area contributed by atoms with E-state index in [-0.39, 0.29) is 5.04 Å². The Labute approximate surface area is 124 Å². The first-order chi connectivity index (χ1) is 9.21. The molecule has 0 aliphatic heterocycles. The molecule has 0 aliphatic carbocycles. The Morgan fingerprint density at radius 2 is 1.75 bits per heavy atom. The van der Waals surface area contributed by atoms with Crippen molar-refractivity contribution in [1.29, 1.82) is 0 Å². The first-order valence-corrected chi connectivity index (χ1v) is 9.77. The largest absolute Gasteiger partial charge is 0.513 e. The molecule has 6 heteroatoms. The maximum atomic E-state index is 6.18. The quantitative estimate of drug-likeness (QED) is 0.756. The molecule has 0 aliphatic rings. The lowest BCUT2D eigenvalue weighted by atomic mass is 9.84. The molecule has 0 radical (unpaired) electrons. The fraction of sp³-hybridized carbons (Fsp3) is 0.643. The molecule has 0 amide bonds. The van der Waals surface area contributed by atoms with Crippen LogP contribution in [0.4, 0.5) is 0 Å². The van der Waals surface area contributed by atoms with Crippen molar-refractivity contribution in [2.45, 2.75) is 45.5 Å². The van der Waals surface area contributed by atoms with Crippen LogP contribution >= 0.6 is 0 Å². The number of hydrogen-bond acceptors (Lipinski definition) is 4. The van der Waals surface area contributed by atoms with Crippen LogP contribution < -0.4 is 5.59 Å². The summed E-state index contributed by atoms with van der Waals surface area (Å²) in [6, 6.07) is 5.82. The second-order valence-electron chi connectivity index (χ2n) is 6.41. The van der Waals surface area contributed by atoms with Crippen molar-refractivity contribution in [3.63, 3.8) is 0 Å². The second-order valence-corrected chi connectivity index (χ2v) is 11.2. The summed E-state index contributed by atoms with van der Waals surface area (Å²) < 4.78 is 16.6. The molecule has 0 aromatic carbocycles. The topological polar surface area (TPSA) is 40.6 Å². The van der Waals surface area contributed by atoms with E-state index in [9.17, 15) is 0 Å². The van der Waals surface area contributed by atoms with Crippen LogP contribution in [0.3, 0.4) is 0 Å². The van der Waals surface area contributed by atoms with E-state index >= 15 is 0 Å². The van der Waals surface area contributed by atoms with Crippen LogP contribution in [0, 0.1) is 0 Å². The van der Waals surface area contributed by atoms with Gasteiger partial charge in [0.25, 0.3) is 0 Å². The van der Waals surface area contributed by atoms with Crippen LogP contribution in [-0.2, 0) is 20.3 Å². The van der Waals surface area contributed by atoms with Crippen molar-refractivity contribution in [1.82, 2.24) is 4.98 Å². The molecule has 4 nitrogen and oxygen atoms in total. The molecule has 1 aromatic rings. The summed E-state index contributed by atoms with van der Waals surface area (Å²) >= 11 is 0. The lowest BCUT2D eigenvalue weighted by Crippen LogP contribution is -2.41. The molecule has 0 N–H and O–H groups in total. The van der Waals surface area contributed by atoms with Gasteiger partial charge in [-0.15, -0.1) is 0 Å². The maximum Gasteiger partial charge on any atom is 0.513 e. The van der Waals surface area contributed by atoms with Crippen molar-refractivity contribution in [3.05, 3.63) is 23.9 Å². The van der Waals surface area contributed by atoms with E-state index in [4.69, 9.17) is 13.7 Å². The van der Waals surface area contributed by atoms with Crippen molar-refractivity contribution >= 4 is 21.0 Å². The van der Waals surface area contributed by atoms with Gasteiger partial charge in [0.05, 0.1) is 17.9 Å². The minimum atomic E-state index is -1.75. The van der Waals surface area contributed by atoms with Gasteiger partial charge in [0.2, 0.25) is 0 Å². The molecule has 0 saturated carbocycles. The zero-order chi connectivity index (χ0) is 15.4. The first kappa shape index (κ1) is 17.4. The molecule has 1 heterocycles. The van der Waals surface area contributed by atoms with Gasteiger partial charge in [0, 0.05) is 14.2 Å². The fourth-order valence-corrected chi connectivity index (χ4v) is 2.46. The SMILES string of the molecule is COB(OC)c1cccc(CO[Si](C)(C)C(C)(C)C)n1. The number of rotatable bonds is 6. The third-order valence-corrected chi connectivity index (χ3v) is 8.36. The van der Waals surface area contributed by atoms with E-state index < -0.39 is 15.4 Å². The Kier molecular flexibility index (Phi) is 5.94. The van der Waals surface area contributed by atoms with Crippen LogP contribution in [0.25, 0.3) is 0 Å². The monoisotopic (exact) mass is 295 g/mol. The normalized spacial score (nSPS) is 12.6. The summed E-state index contributed by atoms with van der Waals surface area (Å²) in [5.41, 5.74) is 1.68. The zero-order valence-electron chi connectivity index (χ0n) is 13.7. The number of pyridine rings is 1. The highest BCUT2D eigenvalue weighted by Crippen LogP contribution is 2.36. The van der Waals surface area contributed by atoms with Gasteiger partial charge in [0.15, 0.2) is 8.32 Å². The van der Waals surface area contributed by atoms with E-state index in [1.165, 1.54) is 0 Å². The summed E-state index contributed by atoms with van der Waals surface area (Å²) in [6.07, 6.45) is 0. The summed E-state index contributed by atoms with van der Waals surface area (Å²) in [7, 11) is 1.03. The molecule has 0 bridgehead atoms. The van der Waals surface area contributed by atoms with Gasteiger partial charge in [-0.3, -0.25) is 4.98 Å². The van der Waals surface area contributed by atoms with Crippen LogP contribution in [0.2, 0.25) is 18.1 Å². The molecule has 20 heavy (non-hydrogen) atoms. The van der Waals surface area contributed by atoms with Crippen molar-refractivity contribution in [3.8, 4) is 0 Å². The van der Waals surface area contributed by atoms with Gasteiger partial charge < -0.3 is 13.7 Å². The summed E-state index contributed by atoms with van der Waals surface area (Å²) in [4.78, 5) is 4.55. The predicted molar refractivity (Wildman–Crippen MR) is 85.6 cm³/mol. The average molecular weight is 295 g/mol. The van der Waals surface area contributed by atoms with Crippen LogP contribution in [0.15, 0.2) is 18.2 Å². The third-order valence-electron chi connectivity index (χ3n) is 3.89. The third kappa shape index (κ3) is 4.41. The zero-order valence-corrected chi connectivity index (χ0v) is 14.7. The minimum Gasteiger partial charge on any atom is -0.411 e. The summed E-state index contributed by atoms with van der Waals surface area (Å²) in [6.45, 7) is 11.7. The highest BCUT2D eigenvalue weighted by molar-refractivity contribution is 6.74. The van der Waals surface area contributed by atoms with Gasteiger partial charge in [-0.2, -0.15) is 0 Å². The van der Waals surface area contributed by atoms with Gasteiger partial charge in [-0.25, -0.2) is 0 Å². The Balaban J connectivity index is 2.77. The van der Waals surface area contributed by atoms with Crippen molar-refractivity contribution in [2.24, 2.45) is 0 Å². The summed E-state index contributed by atoms with van der Waals surface area (Å²) in [5.74, 6) is 0. The van der Waals surface area contributed by atoms with Crippen LogP contribution in [0.5, 0.6) is 0 Å². The summed E-state index contributed by atoms with van der Waals surface area (Å²) in [5, 5.41) is 0.201. The molecule has 0 fully saturated rings. The lowest BCUT2D eigenvalue weighted by molar-refractivity contribution is 0.271. The Morgan fingerprint density at radius 3 is 2.25 bits per heavy atom. The van der Waals surface area contributed by atoms with E-state index in [0.29, 0.717) is 6.61 Å². The van der Waals surface area contributed by atoms with Gasteiger partial charge >= 0.3 is 7.12 Å². The molecular weight excluding hydrogens is 269 g/mol. The van der Waals surface area contributed by atoms with E-state index in [1.807, 2.05) is 18.2 Å². The Morgan fingerprint density at radius 1 is 1.15 bits per heavy atom. The average Bonchev–Trinajstić information content (AvgIpc) is 2.37. The highest BCUT2D eigenvalue weighted by atomic mass is 28.4. The predicted octanol–water partition coefficient (Wildman–Crippen LogP) is 2.59. The van der Waals surface area contributed by atoms with E-state index in [1.54, 1.807) is 14.2 Å². The van der Waals surface area contributed by atoms with Gasteiger partial charge in [-0.1, -0.05) is 26.8 Å². The smallest absolute Gasteiger partial charge is 0.411 e. The molecule has 0 spiro atoms. The molecule has 1 rings (SSSR count). The Hall–Kier alpha value is -0.688. The first-order valence-electron chi connectivity index (χ1n) is 6.86. The maximum absolute atomic E-state index is 6.18. The minimum absolute atomic E-state index is 0.201. The highest BCUT2D eigenvalue weighted by Gasteiger charge is 2.37. The Bertz CT molecular complexity index is 431. The van der Waals surface area contributed by atoms with Crippen LogP contribution in [0.1, 0.15) is 26.5 Å². The lowest BCUT2D eigenvalue weighted by Gasteiger charge is -2.36. The fourth-order valence-electron chi connectivity index (χ4n) is 1.52. The van der Waals surface area contributed by atoms with Gasteiger partial charge in [-0.05, 0) is 30.3 Å². The molecule has 0 saturated heterocycles. The molecule has 0 unspecified atom stereocenters. The van der Waals surface area contributed by atoms with Gasteiger partial charge in [0.1, 0.15) is 0 Å². The number of hydrogen-bond donors (Lipinski definition) is 0. The van der Waals surface area contributed by atoms with Crippen molar-refractivity contribution < 1.29 is 13.7 Å².